The van der Waals surface area contributed by atoms with Crippen LogP contribution in [0.2, 0.25) is 0 Å². The van der Waals surface area contributed by atoms with Gasteiger partial charge in [-0.2, -0.15) is 0 Å². The molecule has 132 valence electrons. The van der Waals surface area contributed by atoms with Crippen molar-refractivity contribution < 1.29 is 9.47 Å². The van der Waals surface area contributed by atoms with Gasteiger partial charge < -0.3 is 9.47 Å². The quantitative estimate of drug-likeness (QED) is 0.350. The Morgan fingerprint density at radius 3 is 2.46 bits per heavy atom. The van der Waals surface area contributed by atoms with Gasteiger partial charge in [-0.1, -0.05) is 40.5 Å². The van der Waals surface area contributed by atoms with Crippen LogP contribution in [0.3, 0.4) is 0 Å². The van der Waals surface area contributed by atoms with Crippen LogP contribution in [0.25, 0.3) is 10.8 Å². The molecule has 0 aromatic heterocycles. The third-order valence-corrected chi connectivity index (χ3v) is 5.17. The number of ether oxygens (including phenoxy) is 2. The number of benzene rings is 2. The molecule has 0 saturated heterocycles. The molecule has 0 bridgehead atoms. The summed E-state index contributed by atoms with van der Waals surface area (Å²) in [5.74, 6) is 1.88. The maximum Gasteiger partial charge on any atom is 0.127 e. The first kappa shape index (κ1) is 19.1. The molecule has 0 aliphatic rings. The summed E-state index contributed by atoms with van der Waals surface area (Å²) in [6.45, 7) is 9.19. The maximum absolute atomic E-state index is 6.08. The van der Waals surface area contributed by atoms with Crippen LogP contribution in [-0.4, -0.2) is 17.5 Å². The number of fused-ring (bicyclic) bond motifs is 1. The Labute approximate surface area is 154 Å². The molecule has 3 heteroatoms. The third kappa shape index (κ3) is 5.41. The van der Waals surface area contributed by atoms with Gasteiger partial charge in [0.2, 0.25) is 0 Å². The molecule has 0 N–H and O–H groups in total. The fraction of sp³-hybridized carbons (Fsp3) is 0.524. The minimum atomic E-state index is 0.164. The highest BCUT2D eigenvalue weighted by atomic mass is 79.9. The van der Waals surface area contributed by atoms with Gasteiger partial charge in [0.1, 0.15) is 11.5 Å². The van der Waals surface area contributed by atoms with Crippen LogP contribution in [0.1, 0.15) is 52.0 Å². The van der Waals surface area contributed by atoms with E-state index in [9.17, 15) is 0 Å². The zero-order valence-electron chi connectivity index (χ0n) is 15.3. The molecule has 2 aromatic rings. The molecule has 0 fully saturated rings. The van der Waals surface area contributed by atoms with Crippen LogP contribution in [0.5, 0.6) is 11.5 Å². The second-order valence-corrected chi connectivity index (χ2v) is 7.92. The topological polar surface area (TPSA) is 18.5 Å². The molecule has 1 atom stereocenters. The monoisotopic (exact) mass is 392 g/mol. The average molecular weight is 393 g/mol. The smallest absolute Gasteiger partial charge is 0.127 e. The van der Waals surface area contributed by atoms with Crippen molar-refractivity contribution >= 4 is 26.7 Å². The van der Waals surface area contributed by atoms with Gasteiger partial charge >= 0.3 is 0 Å². The lowest BCUT2D eigenvalue weighted by Gasteiger charge is -2.16. The van der Waals surface area contributed by atoms with E-state index in [1.165, 1.54) is 24.8 Å². The molecular formula is C21H29BrO2. The number of halogens is 1. The first-order valence-electron chi connectivity index (χ1n) is 8.98. The fourth-order valence-corrected chi connectivity index (χ4v) is 3.07. The predicted molar refractivity (Wildman–Crippen MR) is 107 cm³/mol. The van der Waals surface area contributed by atoms with E-state index < -0.39 is 0 Å². The first-order valence-corrected chi connectivity index (χ1v) is 9.89. The van der Waals surface area contributed by atoms with Crippen molar-refractivity contribution in [3.63, 3.8) is 0 Å². The van der Waals surface area contributed by atoms with E-state index in [-0.39, 0.29) is 6.10 Å². The summed E-state index contributed by atoms with van der Waals surface area (Å²) in [5, 5.41) is 2.26. The lowest BCUT2D eigenvalue weighted by Crippen LogP contribution is -2.06. The van der Waals surface area contributed by atoms with E-state index >= 15 is 0 Å². The van der Waals surface area contributed by atoms with Gasteiger partial charge in [-0.15, -0.1) is 0 Å². The Hall–Kier alpha value is -1.22. The van der Waals surface area contributed by atoms with E-state index in [1.54, 1.807) is 0 Å². The van der Waals surface area contributed by atoms with Crippen LogP contribution in [0, 0.1) is 6.92 Å². The van der Waals surface area contributed by atoms with Crippen molar-refractivity contribution in [2.24, 2.45) is 0 Å². The number of unbranched alkanes of at least 4 members (excludes halogenated alkanes) is 1. The van der Waals surface area contributed by atoms with E-state index in [2.05, 4.69) is 61.8 Å². The van der Waals surface area contributed by atoms with Crippen molar-refractivity contribution in [1.82, 2.24) is 0 Å². The van der Waals surface area contributed by atoms with Crippen molar-refractivity contribution in [1.29, 1.82) is 0 Å². The van der Waals surface area contributed by atoms with Crippen LogP contribution < -0.4 is 9.47 Å². The summed E-state index contributed by atoms with van der Waals surface area (Å²) in [4.78, 5) is 0.633. The van der Waals surface area contributed by atoms with E-state index in [0.29, 0.717) is 4.83 Å². The zero-order chi connectivity index (χ0) is 17.5. The molecule has 0 aliphatic heterocycles. The second kappa shape index (κ2) is 9.31. The summed E-state index contributed by atoms with van der Waals surface area (Å²) < 4.78 is 12.0. The molecule has 2 rings (SSSR count). The standard InChI is InChI=1S/C21H29BrO2/c1-5-17(22)8-6-7-13-23-20-11-12-21(24-15(2)3)18-10-9-16(4)14-19(18)20/h9-12,14-15,17H,5-8,13H2,1-4H3. The van der Waals surface area contributed by atoms with Gasteiger partial charge in [0.05, 0.1) is 12.7 Å². The van der Waals surface area contributed by atoms with Gasteiger partial charge in [0, 0.05) is 15.6 Å². The lowest BCUT2D eigenvalue weighted by atomic mass is 10.1. The highest BCUT2D eigenvalue weighted by Gasteiger charge is 2.10. The van der Waals surface area contributed by atoms with Gasteiger partial charge in [-0.05, 0) is 64.7 Å². The average Bonchev–Trinajstić information content (AvgIpc) is 2.55. The van der Waals surface area contributed by atoms with Gasteiger partial charge in [-0.25, -0.2) is 0 Å². The van der Waals surface area contributed by atoms with Crippen LogP contribution in [0.15, 0.2) is 30.3 Å². The van der Waals surface area contributed by atoms with Gasteiger partial charge in [0.15, 0.2) is 0 Å². The van der Waals surface area contributed by atoms with Crippen molar-refractivity contribution in [2.45, 2.75) is 64.3 Å². The number of hydrogen-bond donors (Lipinski definition) is 0. The SMILES string of the molecule is CCC(Br)CCCCOc1ccc(OC(C)C)c2ccc(C)cc12. The molecule has 2 aromatic carbocycles. The Kier molecular flexibility index (Phi) is 7.41. The molecule has 0 aliphatic carbocycles. The molecular weight excluding hydrogens is 364 g/mol. The van der Waals surface area contributed by atoms with Crippen molar-refractivity contribution in [3.8, 4) is 11.5 Å². The summed E-state index contributed by atoms with van der Waals surface area (Å²) in [6.07, 6.45) is 4.83. The van der Waals surface area contributed by atoms with Gasteiger partial charge in [-0.3, -0.25) is 0 Å². The molecule has 0 amide bonds. The molecule has 2 nitrogen and oxygen atoms in total. The molecule has 0 saturated carbocycles. The van der Waals surface area contributed by atoms with Crippen molar-refractivity contribution in [2.75, 3.05) is 6.61 Å². The fourth-order valence-electron chi connectivity index (χ4n) is 2.74. The normalized spacial score (nSPS) is 12.6. The summed E-state index contributed by atoms with van der Waals surface area (Å²) in [7, 11) is 0. The van der Waals surface area contributed by atoms with Crippen LogP contribution in [0.4, 0.5) is 0 Å². The minimum absolute atomic E-state index is 0.164. The largest absolute Gasteiger partial charge is 0.493 e. The van der Waals surface area contributed by atoms with E-state index in [1.807, 2.05) is 12.1 Å². The van der Waals surface area contributed by atoms with Crippen LogP contribution >= 0.6 is 15.9 Å². The lowest BCUT2D eigenvalue weighted by molar-refractivity contribution is 0.245. The number of alkyl halides is 1. The van der Waals surface area contributed by atoms with Crippen LogP contribution in [-0.2, 0) is 0 Å². The molecule has 1 unspecified atom stereocenters. The Balaban J connectivity index is 2.08. The Bertz CT molecular complexity index is 652. The zero-order valence-corrected chi connectivity index (χ0v) is 16.9. The highest BCUT2D eigenvalue weighted by molar-refractivity contribution is 9.09. The third-order valence-electron chi connectivity index (χ3n) is 4.07. The summed E-state index contributed by atoms with van der Waals surface area (Å²) in [6, 6.07) is 10.5. The summed E-state index contributed by atoms with van der Waals surface area (Å²) >= 11 is 3.69. The van der Waals surface area contributed by atoms with Crippen molar-refractivity contribution in [3.05, 3.63) is 35.9 Å². The first-order chi connectivity index (χ1) is 11.5. The number of aryl methyl sites for hydroxylation is 1. The molecule has 0 heterocycles. The number of hydrogen-bond acceptors (Lipinski definition) is 2. The van der Waals surface area contributed by atoms with E-state index in [0.717, 1.165) is 35.3 Å². The van der Waals surface area contributed by atoms with Gasteiger partial charge in [0.25, 0.3) is 0 Å². The maximum atomic E-state index is 6.08. The highest BCUT2D eigenvalue weighted by Crippen LogP contribution is 2.34. The minimum Gasteiger partial charge on any atom is -0.493 e. The predicted octanol–water partition coefficient (Wildman–Crippen LogP) is 6.66. The van der Waals surface area contributed by atoms with E-state index in [4.69, 9.17) is 9.47 Å². The molecule has 0 radical (unpaired) electrons. The molecule has 24 heavy (non-hydrogen) atoms. The Morgan fingerprint density at radius 2 is 1.75 bits per heavy atom. The molecule has 0 spiro atoms. The summed E-state index contributed by atoms with van der Waals surface area (Å²) in [5.41, 5.74) is 1.24. The number of rotatable bonds is 9. The Morgan fingerprint density at radius 1 is 1.00 bits per heavy atom. The second-order valence-electron chi connectivity index (χ2n) is 6.63.